The van der Waals surface area contributed by atoms with E-state index < -0.39 is 0 Å². The maximum absolute atomic E-state index is 6.25. The number of aromatic nitrogens is 2. The van der Waals surface area contributed by atoms with Crippen molar-refractivity contribution in [3.8, 4) is 22.9 Å². The molecule has 0 aliphatic carbocycles. The molecule has 5 nitrogen and oxygen atoms in total. The standard InChI is InChI=1S/C12H12ClN3O2/c1-17-8-4-3-7(10(13)11(8)18-2)12-15-6-5-9(14)16-12/h3-6H,1-2H3,(H2,14,15,16). The summed E-state index contributed by atoms with van der Waals surface area (Å²) in [5, 5.41) is 0.391. The lowest BCUT2D eigenvalue weighted by Gasteiger charge is -2.12. The van der Waals surface area contributed by atoms with Gasteiger partial charge in [0.15, 0.2) is 17.3 Å². The Labute approximate surface area is 110 Å². The molecule has 0 saturated heterocycles. The van der Waals surface area contributed by atoms with Crippen molar-refractivity contribution in [2.24, 2.45) is 0 Å². The van der Waals surface area contributed by atoms with Crippen molar-refractivity contribution in [1.29, 1.82) is 0 Å². The molecule has 1 aromatic carbocycles. The Bertz CT molecular complexity index is 575. The van der Waals surface area contributed by atoms with E-state index in [1.165, 1.54) is 7.11 Å². The smallest absolute Gasteiger partial charge is 0.180 e. The second-order valence-corrected chi connectivity index (χ2v) is 3.85. The van der Waals surface area contributed by atoms with Crippen molar-refractivity contribution in [3.05, 3.63) is 29.4 Å². The highest BCUT2D eigenvalue weighted by Gasteiger charge is 2.15. The average Bonchev–Trinajstić information content (AvgIpc) is 2.38. The molecule has 0 aliphatic rings. The molecule has 1 aromatic heterocycles. The van der Waals surface area contributed by atoms with Gasteiger partial charge in [0.1, 0.15) is 5.82 Å². The van der Waals surface area contributed by atoms with E-state index in [9.17, 15) is 0 Å². The quantitative estimate of drug-likeness (QED) is 0.923. The third-order valence-corrected chi connectivity index (χ3v) is 2.78. The zero-order valence-electron chi connectivity index (χ0n) is 9.98. The van der Waals surface area contributed by atoms with Gasteiger partial charge >= 0.3 is 0 Å². The number of rotatable bonds is 3. The van der Waals surface area contributed by atoms with E-state index in [0.717, 1.165) is 0 Å². The first kappa shape index (κ1) is 12.4. The molecule has 0 spiro atoms. The van der Waals surface area contributed by atoms with E-state index in [1.807, 2.05) is 0 Å². The van der Waals surface area contributed by atoms with Crippen LogP contribution in [-0.4, -0.2) is 24.2 Å². The molecule has 0 fully saturated rings. The van der Waals surface area contributed by atoms with Gasteiger partial charge in [0, 0.05) is 11.8 Å². The number of benzene rings is 1. The van der Waals surface area contributed by atoms with Gasteiger partial charge in [0.2, 0.25) is 0 Å². The number of nitrogen functional groups attached to an aromatic ring is 1. The highest BCUT2D eigenvalue weighted by Crippen LogP contribution is 2.40. The molecule has 6 heteroatoms. The SMILES string of the molecule is COc1ccc(-c2nccc(N)n2)c(Cl)c1OC. The molecule has 0 aliphatic heterocycles. The lowest BCUT2D eigenvalue weighted by molar-refractivity contribution is 0.355. The minimum absolute atomic E-state index is 0.380. The molecular weight excluding hydrogens is 254 g/mol. The number of hydrogen-bond donors (Lipinski definition) is 1. The summed E-state index contributed by atoms with van der Waals surface area (Å²) in [6.07, 6.45) is 1.57. The topological polar surface area (TPSA) is 70.3 Å². The molecule has 0 atom stereocenters. The van der Waals surface area contributed by atoms with E-state index in [1.54, 1.807) is 31.5 Å². The van der Waals surface area contributed by atoms with Gasteiger partial charge in [-0.05, 0) is 18.2 Å². The minimum atomic E-state index is 0.380. The molecule has 2 aromatic rings. The Hall–Kier alpha value is -2.01. The molecule has 94 valence electrons. The highest BCUT2D eigenvalue weighted by atomic mass is 35.5. The lowest BCUT2D eigenvalue weighted by Crippen LogP contribution is -1.97. The molecule has 2 N–H and O–H groups in total. The summed E-state index contributed by atoms with van der Waals surface area (Å²) < 4.78 is 10.4. The number of halogens is 1. The van der Waals surface area contributed by atoms with Crippen molar-refractivity contribution in [2.45, 2.75) is 0 Å². The van der Waals surface area contributed by atoms with Crippen LogP contribution in [0.3, 0.4) is 0 Å². The summed E-state index contributed by atoms with van der Waals surface area (Å²) >= 11 is 6.25. The monoisotopic (exact) mass is 265 g/mol. The molecule has 0 radical (unpaired) electrons. The van der Waals surface area contributed by atoms with Crippen molar-refractivity contribution in [1.82, 2.24) is 9.97 Å². The fraction of sp³-hybridized carbons (Fsp3) is 0.167. The molecular formula is C12H12ClN3O2. The molecule has 0 unspecified atom stereocenters. The van der Waals surface area contributed by atoms with Crippen LogP contribution >= 0.6 is 11.6 Å². The first-order valence-electron chi connectivity index (χ1n) is 5.16. The van der Waals surface area contributed by atoms with Crippen LogP contribution in [0.2, 0.25) is 5.02 Å². The summed E-state index contributed by atoms with van der Waals surface area (Å²) in [6, 6.07) is 5.11. The number of methoxy groups -OCH3 is 2. The number of hydrogen-bond acceptors (Lipinski definition) is 5. The van der Waals surface area contributed by atoms with Crippen LogP contribution in [0.25, 0.3) is 11.4 Å². The Morgan fingerprint density at radius 3 is 2.56 bits per heavy atom. The van der Waals surface area contributed by atoms with Crippen molar-refractivity contribution in [2.75, 3.05) is 20.0 Å². The highest BCUT2D eigenvalue weighted by molar-refractivity contribution is 6.35. The number of ether oxygens (including phenoxy) is 2. The van der Waals surface area contributed by atoms with Crippen LogP contribution in [0.5, 0.6) is 11.5 Å². The van der Waals surface area contributed by atoms with E-state index >= 15 is 0 Å². The van der Waals surface area contributed by atoms with Gasteiger partial charge in [-0.1, -0.05) is 11.6 Å². The van der Waals surface area contributed by atoms with E-state index in [4.69, 9.17) is 26.8 Å². The Balaban J connectivity index is 2.59. The van der Waals surface area contributed by atoms with Gasteiger partial charge in [-0.25, -0.2) is 9.97 Å². The Morgan fingerprint density at radius 2 is 1.94 bits per heavy atom. The normalized spacial score (nSPS) is 10.2. The van der Waals surface area contributed by atoms with Gasteiger partial charge in [-0.3, -0.25) is 0 Å². The zero-order chi connectivity index (χ0) is 13.1. The molecule has 0 saturated carbocycles. The van der Waals surface area contributed by atoms with Gasteiger partial charge in [0.05, 0.1) is 19.2 Å². The number of anilines is 1. The first-order chi connectivity index (χ1) is 8.67. The molecule has 0 bridgehead atoms. The zero-order valence-corrected chi connectivity index (χ0v) is 10.7. The minimum Gasteiger partial charge on any atom is -0.493 e. The summed E-state index contributed by atoms with van der Waals surface area (Å²) in [5.74, 6) is 1.82. The number of nitrogens with two attached hydrogens (primary N) is 1. The maximum atomic E-state index is 6.25. The van der Waals surface area contributed by atoms with E-state index in [2.05, 4.69) is 9.97 Å². The molecule has 0 amide bonds. The molecule has 2 rings (SSSR count). The van der Waals surface area contributed by atoms with E-state index in [-0.39, 0.29) is 0 Å². The van der Waals surface area contributed by atoms with Crippen molar-refractivity contribution < 1.29 is 9.47 Å². The summed E-state index contributed by atoms with van der Waals surface area (Å²) in [7, 11) is 3.07. The van der Waals surface area contributed by atoms with Gasteiger partial charge in [-0.15, -0.1) is 0 Å². The third-order valence-electron chi connectivity index (χ3n) is 2.40. The molecule has 18 heavy (non-hydrogen) atoms. The van der Waals surface area contributed by atoms with Crippen LogP contribution in [0, 0.1) is 0 Å². The fourth-order valence-electron chi connectivity index (χ4n) is 1.56. The summed E-state index contributed by atoms with van der Waals surface area (Å²) in [5.41, 5.74) is 6.26. The predicted octanol–water partition coefficient (Wildman–Crippen LogP) is 2.40. The predicted molar refractivity (Wildman–Crippen MR) is 70.0 cm³/mol. The Morgan fingerprint density at radius 1 is 1.17 bits per heavy atom. The second-order valence-electron chi connectivity index (χ2n) is 3.47. The lowest BCUT2D eigenvalue weighted by atomic mass is 10.2. The van der Waals surface area contributed by atoms with Crippen molar-refractivity contribution >= 4 is 17.4 Å². The second kappa shape index (κ2) is 5.10. The number of nitrogens with zero attached hydrogens (tertiary/aromatic N) is 2. The first-order valence-corrected chi connectivity index (χ1v) is 5.54. The van der Waals surface area contributed by atoms with Crippen LogP contribution in [0.15, 0.2) is 24.4 Å². The van der Waals surface area contributed by atoms with E-state index in [0.29, 0.717) is 33.7 Å². The van der Waals surface area contributed by atoms with Crippen molar-refractivity contribution in [3.63, 3.8) is 0 Å². The van der Waals surface area contributed by atoms with Crippen LogP contribution < -0.4 is 15.2 Å². The van der Waals surface area contributed by atoms with Crippen LogP contribution in [0.1, 0.15) is 0 Å². The summed E-state index contributed by atoms with van der Waals surface area (Å²) in [6.45, 7) is 0. The average molecular weight is 266 g/mol. The third kappa shape index (κ3) is 2.17. The van der Waals surface area contributed by atoms with Gasteiger partial charge in [-0.2, -0.15) is 0 Å². The Kier molecular flexibility index (Phi) is 3.53. The van der Waals surface area contributed by atoms with Crippen LogP contribution in [0.4, 0.5) is 5.82 Å². The van der Waals surface area contributed by atoms with Gasteiger partial charge < -0.3 is 15.2 Å². The largest absolute Gasteiger partial charge is 0.493 e. The van der Waals surface area contributed by atoms with Crippen LogP contribution in [-0.2, 0) is 0 Å². The molecule has 1 heterocycles. The van der Waals surface area contributed by atoms with Gasteiger partial charge in [0.25, 0.3) is 0 Å². The fourth-order valence-corrected chi connectivity index (χ4v) is 1.88. The maximum Gasteiger partial charge on any atom is 0.180 e. The summed E-state index contributed by atoms with van der Waals surface area (Å²) in [4.78, 5) is 8.25.